The number of Topliss-reactive ketones (excluding diaryl/α,β-unsaturated/α-hetero) is 1. The number of halogens is 4. The molecule has 6 heteroatoms. The van der Waals surface area contributed by atoms with Crippen molar-refractivity contribution in [2.75, 3.05) is 6.61 Å². The summed E-state index contributed by atoms with van der Waals surface area (Å²) in [6.07, 6.45) is 2.18. The van der Waals surface area contributed by atoms with Gasteiger partial charge in [-0.1, -0.05) is 43.5 Å². The molecule has 31 heavy (non-hydrogen) atoms. The van der Waals surface area contributed by atoms with E-state index in [0.717, 1.165) is 17.7 Å². The Balaban J connectivity index is 1.63. The minimum absolute atomic E-state index is 0.0288. The number of aryl methyl sites for hydroxylation is 1. The van der Waals surface area contributed by atoms with Gasteiger partial charge in [-0.25, -0.2) is 4.39 Å². The van der Waals surface area contributed by atoms with E-state index in [4.69, 9.17) is 4.74 Å². The van der Waals surface area contributed by atoms with Crippen molar-refractivity contribution in [3.63, 3.8) is 0 Å². The summed E-state index contributed by atoms with van der Waals surface area (Å²) in [7, 11) is 0. The van der Waals surface area contributed by atoms with Gasteiger partial charge in [0.15, 0.2) is 17.3 Å². The molecule has 1 fully saturated rings. The third-order valence-corrected chi connectivity index (χ3v) is 5.92. The van der Waals surface area contributed by atoms with Gasteiger partial charge in [-0.2, -0.15) is 13.2 Å². The van der Waals surface area contributed by atoms with Gasteiger partial charge in [0.25, 0.3) is 0 Å². The van der Waals surface area contributed by atoms with Crippen molar-refractivity contribution in [1.29, 1.82) is 0 Å². The van der Waals surface area contributed by atoms with Gasteiger partial charge in [0.1, 0.15) is 5.56 Å². The van der Waals surface area contributed by atoms with E-state index in [0.29, 0.717) is 18.8 Å². The first-order valence-corrected chi connectivity index (χ1v) is 11.0. The van der Waals surface area contributed by atoms with E-state index >= 15 is 0 Å². The van der Waals surface area contributed by atoms with Crippen molar-refractivity contribution in [2.24, 2.45) is 0 Å². The number of hydrogen-bond acceptors (Lipinski definition) is 2. The van der Waals surface area contributed by atoms with Gasteiger partial charge in [-0.15, -0.1) is 0 Å². The normalized spacial score (nSPS) is 15.1. The summed E-state index contributed by atoms with van der Waals surface area (Å²) in [6, 6.07) is 10.4. The lowest BCUT2D eigenvalue weighted by atomic mass is 9.84. The van der Waals surface area contributed by atoms with Crippen LogP contribution in [0.3, 0.4) is 0 Å². The molecule has 168 valence electrons. The lowest BCUT2D eigenvalue weighted by molar-refractivity contribution is -0.140. The number of hydrogen-bond donors (Lipinski definition) is 0. The first kappa shape index (κ1) is 23.3. The molecule has 1 aliphatic carbocycles. The number of benzene rings is 2. The molecule has 1 saturated carbocycles. The molecule has 2 aromatic rings. The van der Waals surface area contributed by atoms with Crippen LogP contribution >= 0.6 is 0 Å². The van der Waals surface area contributed by atoms with E-state index in [1.165, 1.54) is 37.7 Å². The van der Waals surface area contributed by atoms with Crippen LogP contribution in [0, 0.1) is 5.82 Å². The highest BCUT2D eigenvalue weighted by molar-refractivity contribution is 5.98. The van der Waals surface area contributed by atoms with E-state index < -0.39 is 34.7 Å². The topological polar surface area (TPSA) is 26.3 Å². The summed E-state index contributed by atoms with van der Waals surface area (Å²) >= 11 is 0. The van der Waals surface area contributed by atoms with Gasteiger partial charge in [0.05, 0.1) is 6.61 Å². The largest absolute Gasteiger partial charge is 0.491 e. The summed E-state index contributed by atoms with van der Waals surface area (Å²) in [5.41, 5.74) is 0.196. The molecule has 2 nitrogen and oxygen atoms in total. The molecule has 2 aromatic carbocycles. The summed E-state index contributed by atoms with van der Waals surface area (Å²) in [5.74, 6) is -2.13. The molecular weight excluding hydrogens is 408 g/mol. The highest BCUT2D eigenvalue weighted by atomic mass is 19.4. The van der Waals surface area contributed by atoms with Crippen LogP contribution in [0.1, 0.15) is 84.8 Å². The first-order valence-electron chi connectivity index (χ1n) is 11.0. The molecule has 0 N–H and O–H groups in total. The molecule has 0 radical (unpaired) electrons. The Morgan fingerprint density at radius 2 is 1.71 bits per heavy atom. The van der Waals surface area contributed by atoms with Gasteiger partial charge in [0, 0.05) is 12.0 Å². The Hall–Kier alpha value is -2.37. The zero-order valence-corrected chi connectivity index (χ0v) is 17.7. The van der Waals surface area contributed by atoms with Crippen molar-refractivity contribution in [2.45, 2.75) is 70.4 Å². The van der Waals surface area contributed by atoms with E-state index in [2.05, 4.69) is 12.1 Å². The lowest BCUT2D eigenvalue weighted by Gasteiger charge is -2.22. The second-order valence-electron chi connectivity index (χ2n) is 8.08. The molecule has 0 aromatic heterocycles. The fourth-order valence-electron chi connectivity index (χ4n) is 4.31. The van der Waals surface area contributed by atoms with E-state index in [1.807, 2.05) is 12.1 Å². The summed E-state index contributed by atoms with van der Waals surface area (Å²) in [6.45, 7) is 1.58. The minimum atomic E-state index is -4.98. The van der Waals surface area contributed by atoms with Gasteiger partial charge >= 0.3 is 6.18 Å². The molecule has 0 bridgehead atoms. The molecule has 0 saturated heterocycles. The Bertz CT molecular complexity index is 882. The number of carbonyl (C=O) groups excluding carboxylic acids is 1. The summed E-state index contributed by atoms with van der Waals surface area (Å²) in [4.78, 5) is 12.5. The predicted molar refractivity (Wildman–Crippen MR) is 112 cm³/mol. The SMILES string of the molecule is CCOc1ccc(C(=O)CCCc2ccc(C3CCCCC3)cc2)c(C(F)(F)F)c1F. The van der Waals surface area contributed by atoms with Crippen molar-refractivity contribution in [1.82, 2.24) is 0 Å². The third kappa shape index (κ3) is 5.86. The number of carbonyl (C=O) groups is 1. The molecule has 0 aliphatic heterocycles. The number of alkyl halides is 3. The Morgan fingerprint density at radius 1 is 1.03 bits per heavy atom. The molecule has 0 unspecified atom stereocenters. The van der Waals surface area contributed by atoms with Crippen LogP contribution in [-0.2, 0) is 12.6 Å². The fourth-order valence-corrected chi connectivity index (χ4v) is 4.31. The van der Waals surface area contributed by atoms with Crippen LogP contribution in [0.15, 0.2) is 36.4 Å². The zero-order valence-electron chi connectivity index (χ0n) is 17.7. The Labute approximate surface area is 180 Å². The van der Waals surface area contributed by atoms with Crippen LogP contribution in [0.2, 0.25) is 0 Å². The summed E-state index contributed by atoms with van der Waals surface area (Å²) < 4.78 is 59.5. The fraction of sp³-hybridized carbons (Fsp3) is 0.480. The lowest BCUT2D eigenvalue weighted by Crippen LogP contribution is -2.17. The van der Waals surface area contributed by atoms with Crippen LogP contribution in [0.4, 0.5) is 17.6 Å². The second kappa shape index (κ2) is 10.3. The average Bonchev–Trinajstić information content (AvgIpc) is 2.75. The van der Waals surface area contributed by atoms with E-state index in [-0.39, 0.29) is 13.0 Å². The first-order chi connectivity index (χ1) is 14.8. The number of rotatable bonds is 8. The average molecular weight is 436 g/mol. The highest BCUT2D eigenvalue weighted by Gasteiger charge is 2.39. The molecule has 0 amide bonds. The third-order valence-electron chi connectivity index (χ3n) is 5.92. The van der Waals surface area contributed by atoms with Crippen molar-refractivity contribution in [3.05, 3.63) is 64.5 Å². The van der Waals surface area contributed by atoms with Gasteiger partial charge in [-0.05, 0) is 61.8 Å². The Kier molecular flexibility index (Phi) is 7.74. The van der Waals surface area contributed by atoms with Gasteiger partial charge in [-0.3, -0.25) is 4.79 Å². The van der Waals surface area contributed by atoms with Crippen molar-refractivity contribution in [3.8, 4) is 5.75 Å². The monoisotopic (exact) mass is 436 g/mol. The van der Waals surface area contributed by atoms with Gasteiger partial charge in [0.2, 0.25) is 0 Å². The van der Waals surface area contributed by atoms with Crippen molar-refractivity contribution < 1.29 is 27.1 Å². The second-order valence-corrected chi connectivity index (χ2v) is 8.08. The number of ketones is 1. The summed E-state index contributed by atoms with van der Waals surface area (Å²) in [5, 5.41) is 0. The van der Waals surface area contributed by atoms with Crippen LogP contribution in [0.25, 0.3) is 0 Å². The zero-order chi connectivity index (χ0) is 22.4. The highest BCUT2D eigenvalue weighted by Crippen LogP contribution is 2.38. The maximum Gasteiger partial charge on any atom is 0.420 e. The van der Waals surface area contributed by atoms with Crippen molar-refractivity contribution >= 4 is 5.78 Å². The van der Waals surface area contributed by atoms with Gasteiger partial charge < -0.3 is 4.74 Å². The maximum atomic E-state index is 14.4. The molecule has 1 aliphatic rings. The van der Waals surface area contributed by atoms with Crippen LogP contribution in [0.5, 0.6) is 5.75 Å². The predicted octanol–water partition coefficient (Wildman–Crippen LogP) is 7.50. The molecule has 3 rings (SSSR count). The number of ether oxygens (including phenoxy) is 1. The quantitative estimate of drug-likeness (QED) is 0.316. The molecule has 0 atom stereocenters. The molecule has 0 spiro atoms. The standard InChI is InChI=1S/C25H28F4O2/c1-2-31-22-16-15-20(23(24(22)26)25(27,28)29)21(30)10-6-7-17-11-13-19(14-12-17)18-8-4-3-5-9-18/h11-16,18H,2-10H2,1H3. The molecular formula is C25H28F4O2. The molecule has 0 heterocycles. The van der Waals surface area contributed by atoms with Crippen LogP contribution in [-0.4, -0.2) is 12.4 Å². The smallest absolute Gasteiger partial charge is 0.420 e. The minimum Gasteiger partial charge on any atom is -0.491 e. The maximum absolute atomic E-state index is 14.4. The van der Waals surface area contributed by atoms with E-state index in [9.17, 15) is 22.4 Å². The Morgan fingerprint density at radius 3 is 2.32 bits per heavy atom. The van der Waals surface area contributed by atoms with Crippen LogP contribution < -0.4 is 4.74 Å². The van der Waals surface area contributed by atoms with E-state index in [1.54, 1.807) is 6.92 Å².